The number of aliphatic carboxylic acids is 1. The van der Waals surface area contributed by atoms with E-state index in [2.05, 4.69) is 53.2 Å². The van der Waals surface area contributed by atoms with Gasteiger partial charge in [0.25, 0.3) is 0 Å². The van der Waals surface area contributed by atoms with E-state index in [4.69, 9.17) is 9.84 Å². The molecule has 0 bridgehead atoms. The normalized spacial score (nSPS) is 11.6. The summed E-state index contributed by atoms with van der Waals surface area (Å²) in [7, 11) is 3.48. The number of carboxylic acid groups (broad SMARTS) is 1. The van der Waals surface area contributed by atoms with E-state index in [0.29, 0.717) is 6.54 Å². The minimum absolute atomic E-state index is 0.0161. The second-order valence-corrected chi connectivity index (χ2v) is 7.31. The Hall–Kier alpha value is -2.89. The maximum Gasteiger partial charge on any atom is 0.317 e. The van der Waals surface area contributed by atoms with Gasteiger partial charge in [0.1, 0.15) is 5.75 Å². The molecule has 28 heavy (non-hydrogen) atoms. The van der Waals surface area contributed by atoms with Crippen LogP contribution in [0.5, 0.6) is 5.75 Å². The molecule has 3 rings (SSSR count). The highest BCUT2D eigenvalue weighted by atomic mass is 32.1. The lowest BCUT2D eigenvalue weighted by Gasteiger charge is -2.14. The van der Waals surface area contributed by atoms with Crippen LogP contribution < -0.4 is 4.74 Å². The number of thiophene rings is 1. The number of rotatable bonds is 8. The highest BCUT2D eigenvalue weighted by molar-refractivity contribution is 7.08. The van der Waals surface area contributed by atoms with Gasteiger partial charge in [0.15, 0.2) is 0 Å². The molecule has 2 aromatic carbocycles. The van der Waals surface area contributed by atoms with Crippen LogP contribution in [0.25, 0.3) is 16.7 Å². The lowest BCUT2D eigenvalue weighted by Crippen LogP contribution is -2.25. The highest BCUT2D eigenvalue weighted by Gasteiger charge is 2.09. The van der Waals surface area contributed by atoms with Gasteiger partial charge in [-0.05, 0) is 63.8 Å². The number of nitrogens with zero attached hydrogens (tertiary/aromatic N) is 1. The van der Waals surface area contributed by atoms with Crippen molar-refractivity contribution in [3.8, 4) is 16.9 Å². The third-order valence-corrected chi connectivity index (χ3v) is 5.13. The number of methoxy groups -OCH3 is 1. The van der Waals surface area contributed by atoms with Crippen LogP contribution in [0.3, 0.4) is 0 Å². The first kappa shape index (κ1) is 19.9. The van der Waals surface area contributed by atoms with Crippen LogP contribution >= 0.6 is 11.3 Å². The Kier molecular flexibility index (Phi) is 6.63. The number of carbonyl (C=O) groups is 1. The van der Waals surface area contributed by atoms with E-state index in [1.165, 1.54) is 0 Å². The van der Waals surface area contributed by atoms with Crippen molar-refractivity contribution in [2.75, 3.05) is 27.2 Å². The average Bonchev–Trinajstić information content (AvgIpc) is 3.22. The molecule has 5 heteroatoms. The number of carboxylic acids is 1. The summed E-state index contributed by atoms with van der Waals surface area (Å²) < 4.78 is 5.31. The van der Waals surface area contributed by atoms with Crippen LogP contribution in [0.4, 0.5) is 0 Å². The molecule has 0 saturated carbocycles. The summed E-state index contributed by atoms with van der Waals surface area (Å²) in [6.45, 7) is 0.581. The van der Waals surface area contributed by atoms with E-state index >= 15 is 0 Å². The molecule has 1 N–H and O–H groups in total. The molecule has 144 valence electrons. The van der Waals surface area contributed by atoms with Crippen LogP contribution in [-0.2, 0) is 4.79 Å². The van der Waals surface area contributed by atoms with Crippen LogP contribution in [-0.4, -0.2) is 43.2 Å². The summed E-state index contributed by atoms with van der Waals surface area (Å²) in [6, 6.07) is 18.5. The van der Waals surface area contributed by atoms with E-state index in [-0.39, 0.29) is 6.54 Å². The van der Waals surface area contributed by atoms with Crippen molar-refractivity contribution in [1.29, 1.82) is 0 Å². The Morgan fingerprint density at radius 3 is 2.54 bits per heavy atom. The molecule has 0 amide bonds. The fourth-order valence-corrected chi connectivity index (χ4v) is 3.66. The zero-order valence-corrected chi connectivity index (χ0v) is 16.8. The molecule has 0 aliphatic carbocycles. The van der Waals surface area contributed by atoms with Crippen LogP contribution in [0.1, 0.15) is 11.1 Å². The minimum Gasteiger partial charge on any atom is -0.497 e. The second kappa shape index (κ2) is 9.35. The van der Waals surface area contributed by atoms with Gasteiger partial charge in [-0.15, -0.1) is 0 Å². The molecule has 0 aliphatic rings. The van der Waals surface area contributed by atoms with Crippen molar-refractivity contribution in [1.82, 2.24) is 4.90 Å². The first-order valence-electron chi connectivity index (χ1n) is 8.95. The molecule has 4 nitrogen and oxygen atoms in total. The van der Waals surface area contributed by atoms with Gasteiger partial charge >= 0.3 is 5.97 Å². The maximum atomic E-state index is 10.9. The molecule has 0 unspecified atom stereocenters. The van der Waals surface area contributed by atoms with Gasteiger partial charge in [-0.25, -0.2) is 0 Å². The van der Waals surface area contributed by atoms with Gasteiger partial charge < -0.3 is 9.84 Å². The molecule has 0 saturated heterocycles. The van der Waals surface area contributed by atoms with Crippen LogP contribution in [0.15, 0.2) is 71.4 Å². The lowest BCUT2D eigenvalue weighted by atomic mass is 9.97. The van der Waals surface area contributed by atoms with Crippen molar-refractivity contribution >= 4 is 22.9 Å². The summed E-state index contributed by atoms with van der Waals surface area (Å²) in [4.78, 5) is 12.7. The Labute approximate surface area is 169 Å². The summed E-state index contributed by atoms with van der Waals surface area (Å²) in [5.74, 6) is 0.0116. The molecule has 0 aliphatic heterocycles. The fraction of sp³-hybridized carbons (Fsp3) is 0.174. The van der Waals surface area contributed by atoms with E-state index < -0.39 is 5.97 Å². The predicted molar refractivity (Wildman–Crippen MR) is 115 cm³/mol. The third kappa shape index (κ3) is 5.09. The van der Waals surface area contributed by atoms with E-state index in [9.17, 15) is 4.79 Å². The third-order valence-electron chi connectivity index (χ3n) is 4.44. The van der Waals surface area contributed by atoms with Crippen LogP contribution in [0.2, 0.25) is 0 Å². The molecule has 1 aromatic heterocycles. The summed E-state index contributed by atoms with van der Waals surface area (Å²) in [6.07, 6.45) is 2.09. The Balaban J connectivity index is 1.87. The fourth-order valence-electron chi connectivity index (χ4n) is 3.01. The second-order valence-electron chi connectivity index (χ2n) is 6.53. The summed E-state index contributed by atoms with van der Waals surface area (Å²) >= 11 is 1.65. The molecular formula is C23H23NO3S. The number of benzene rings is 2. The molecule has 0 radical (unpaired) electrons. The SMILES string of the molecule is COc1cccc(-c2ccc(C(=CCN(C)CC(=O)O)c3ccsc3)cc2)c1. The Bertz CT molecular complexity index is 946. The Morgan fingerprint density at radius 2 is 1.89 bits per heavy atom. The Morgan fingerprint density at radius 1 is 1.11 bits per heavy atom. The van der Waals surface area contributed by atoms with Crippen molar-refractivity contribution < 1.29 is 14.6 Å². The zero-order valence-electron chi connectivity index (χ0n) is 16.0. The monoisotopic (exact) mass is 393 g/mol. The van der Waals surface area contributed by atoms with Gasteiger partial charge in [-0.3, -0.25) is 9.69 Å². The quantitative estimate of drug-likeness (QED) is 0.593. The first-order valence-corrected chi connectivity index (χ1v) is 9.89. The predicted octanol–water partition coefficient (Wildman–Crippen LogP) is 4.87. The number of likely N-dealkylation sites (N-methyl/N-ethyl adjacent to an activating group) is 1. The molecular weight excluding hydrogens is 370 g/mol. The molecule has 0 spiro atoms. The highest BCUT2D eigenvalue weighted by Crippen LogP contribution is 2.29. The number of hydrogen-bond donors (Lipinski definition) is 1. The zero-order chi connectivity index (χ0) is 19.9. The molecule has 1 heterocycles. The van der Waals surface area contributed by atoms with Crippen molar-refractivity contribution in [3.63, 3.8) is 0 Å². The largest absolute Gasteiger partial charge is 0.497 e. The van der Waals surface area contributed by atoms with Gasteiger partial charge in [0, 0.05) is 6.54 Å². The van der Waals surface area contributed by atoms with Crippen molar-refractivity contribution in [2.45, 2.75) is 0 Å². The van der Waals surface area contributed by atoms with Gasteiger partial charge in [0.2, 0.25) is 0 Å². The van der Waals surface area contributed by atoms with E-state index in [1.54, 1.807) is 23.3 Å². The topological polar surface area (TPSA) is 49.8 Å². The van der Waals surface area contributed by atoms with Gasteiger partial charge in [0.05, 0.1) is 13.7 Å². The standard InChI is InChI=1S/C23H23NO3S/c1-24(15-23(25)26)12-10-22(20-11-13-28-16-20)18-8-6-17(7-9-18)19-4-3-5-21(14-19)27-2/h3-11,13-14,16H,12,15H2,1-2H3,(H,25,26). The average molecular weight is 394 g/mol. The van der Waals surface area contributed by atoms with Gasteiger partial charge in [-0.2, -0.15) is 11.3 Å². The van der Waals surface area contributed by atoms with Crippen molar-refractivity contribution in [3.05, 3.63) is 82.6 Å². The smallest absolute Gasteiger partial charge is 0.317 e. The number of ether oxygens (including phenoxy) is 1. The number of hydrogen-bond acceptors (Lipinski definition) is 4. The summed E-state index contributed by atoms with van der Waals surface area (Å²) in [5.41, 5.74) is 5.58. The lowest BCUT2D eigenvalue weighted by molar-refractivity contribution is -0.137. The van der Waals surface area contributed by atoms with E-state index in [1.807, 2.05) is 25.2 Å². The summed E-state index contributed by atoms with van der Waals surface area (Å²) in [5, 5.41) is 13.1. The van der Waals surface area contributed by atoms with Crippen LogP contribution in [0, 0.1) is 0 Å². The molecule has 0 atom stereocenters. The maximum absolute atomic E-state index is 10.9. The minimum atomic E-state index is -0.823. The molecule has 3 aromatic rings. The van der Waals surface area contributed by atoms with E-state index in [0.717, 1.165) is 33.6 Å². The van der Waals surface area contributed by atoms with Gasteiger partial charge in [-0.1, -0.05) is 42.5 Å². The molecule has 0 fully saturated rings. The first-order chi connectivity index (χ1) is 13.6. The van der Waals surface area contributed by atoms with Crippen molar-refractivity contribution in [2.24, 2.45) is 0 Å².